The Morgan fingerprint density at radius 1 is 1.48 bits per heavy atom. The number of anilines is 1. The Kier molecular flexibility index (Phi) is 5.97. The van der Waals surface area contributed by atoms with Crippen molar-refractivity contribution in [3.63, 3.8) is 0 Å². The summed E-state index contributed by atoms with van der Waals surface area (Å²) in [4.78, 5) is 6.39. The van der Waals surface area contributed by atoms with Gasteiger partial charge in [0.2, 0.25) is 0 Å². The van der Waals surface area contributed by atoms with E-state index in [9.17, 15) is 4.39 Å². The first-order chi connectivity index (χ1) is 10.1. The van der Waals surface area contributed by atoms with E-state index < -0.39 is 0 Å². The monoisotopic (exact) mass is 293 g/mol. The van der Waals surface area contributed by atoms with E-state index in [2.05, 4.69) is 36.0 Å². The van der Waals surface area contributed by atoms with Crippen LogP contribution in [0.25, 0.3) is 0 Å². The van der Waals surface area contributed by atoms with Gasteiger partial charge in [0.15, 0.2) is 11.6 Å². The predicted octanol–water partition coefficient (Wildman–Crippen LogP) is 3.59. The van der Waals surface area contributed by atoms with Crippen LogP contribution >= 0.6 is 0 Å². The molecule has 1 unspecified atom stereocenters. The molecule has 3 nitrogen and oxygen atoms in total. The molecule has 1 atom stereocenters. The Hall–Kier alpha value is -1.16. The van der Waals surface area contributed by atoms with Gasteiger partial charge in [0.1, 0.15) is 0 Å². The quantitative estimate of drug-likeness (QED) is 0.832. The third-order valence-electron chi connectivity index (χ3n) is 4.10. The van der Waals surface area contributed by atoms with Crippen LogP contribution in [-0.2, 0) is 6.54 Å². The van der Waals surface area contributed by atoms with Crippen LogP contribution in [0.1, 0.15) is 45.6 Å². The van der Waals surface area contributed by atoms with E-state index in [-0.39, 0.29) is 5.82 Å². The van der Waals surface area contributed by atoms with Crippen LogP contribution in [0.15, 0.2) is 12.3 Å². The third-order valence-corrected chi connectivity index (χ3v) is 4.10. The lowest BCUT2D eigenvalue weighted by Gasteiger charge is -2.19. The van der Waals surface area contributed by atoms with Crippen LogP contribution in [0.5, 0.6) is 0 Å². The van der Waals surface area contributed by atoms with Gasteiger partial charge in [-0.05, 0) is 37.3 Å². The Morgan fingerprint density at radius 2 is 2.29 bits per heavy atom. The Bertz CT molecular complexity index is 448. The summed E-state index contributed by atoms with van der Waals surface area (Å²) < 4.78 is 14.6. The lowest BCUT2D eigenvalue weighted by molar-refractivity contribution is 0.524. The van der Waals surface area contributed by atoms with E-state index in [1.807, 2.05) is 0 Å². The first-order valence-corrected chi connectivity index (χ1v) is 8.20. The Balaban J connectivity index is 2.01. The molecule has 1 aliphatic heterocycles. The first kappa shape index (κ1) is 16.2. The van der Waals surface area contributed by atoms with Crippen molar-refractivity contribution in [1.29, 1.82) is 0 Å². The van der Waals surface area contributed by atoms with Crippen LogP contribution in [0, 0.1) is 17.7 Å². The molecule has 118 valence electrons. The molecular formula is C17H28FN3. The first-order valence-electron chi connectivity index (χ1n) is 8.20. The summed E-state index contributed by atoms with van der Waals surface area (Å²) in [6.07, 6.45) is 5.32. The number of aromatic nitrogens is 1. The van der Waals surface area contributed by atoms with Crippen molar-refractivity contribution in [3.05, 3.63) is 23.6 Å². The highest BCUT2D eigenvalue weighted by atomic mass is 19.1. The van der Waals surface area contributed by atoms with Crippen LogP contribution in [-0.4, -0.2) is 24.6 Å². The second-order valence-electron chi connectivity index (χ2n) is 6.52. The van der Waals surface area contributed by atoms with E-state index >= 15 is 0 Å². The average Bonchev–Trinajstić information content (AvgIpc) is 2.89. The van der Waals surface area contributed by atoms with Crippen LogP contribution in [0.3, 0.4) is 0 Å². The molecule has 0 saturated carbocycles. The number of rotatable bonds is 7. The maximum absolute atomic E-state index is 14.6. The van der Waals surface area contributed by atoms with Gasteiger partial charge >= 0.3 is 0 Å². The average molecular weight is 293 g/mol. The molecule has 0 amide bonds. The van der Waals surface area contributed by atoms with Crippen molar-refractivity contribution in [2.45, 2.75) is 46.6 Å². The standard InChI is InChI=1S/C17H28FN3/c1-4-5-14-7-9-21(12-14)17-16(18)15(6-8-20-17)11-19-10-13(2)3/h6,8,13-14,19H,4-5,7,9-12H2,1-3H3. The molecule has 1 fully saturated rings. The number of nitrogens with one attached hydrogen (secondary N) is 1. The molecule has 1 aromatic rings. The summed E-state index contributed by atoms with van der Waals surface area (Å²) in [6.45, 7) is 9.87. The van der Waals surface area contributed by atoms with Crippen LogP contribution in [0.2, 0.25) is 0 Å². The van der Waals surface area contributed by atoms with Gasteiger partial charge in [-0.1, -0.05) is 27.2 Å². The zero-order chi connectivity index (χ0) is 15.2. The number of nitrogens with zero attached hydrogens (tertiary/aromatic N) is 2. The highest BCUT2D eigenvalue weighted by Gasteiger charge is 2.25. The number of pyridine rings is 1. The Morgan fingerprint density at radius 3 is 3.00 bits per heavy atom. The van der Waals surface area contributed by atoms with Crippen molar-refractivity contribution in [2.75, 3.05) is 24.5 Å². The highest BCUT2D eigenvalue weighted by Crippen LogP contribution is 2.28. The second-order valence-corrected chi connectivity index (χ2v) is 6.52. The van der Waals surface area contributed by atoms with Gasteiger partial charge in [0, 0.05) is 31.4 Å². The van der Waals surface area contributed by atoms with E-state index in [1.165, 1.54) is 12.8 Å². The van der Waals surface area contributed by atoms with E-state index in [1.54, 1.807) is 12.3 Å². The van der Waals surface area contributed by atoms with Crippen molar-refractivity contribution in [3.8, 4) is 0 Å². The SMILES string of the molecule is CCCC1CCN(c2nccc(CNCC(C)C)c2F)C1. The van der Waals surface area contributed by atoms with Crippen LogP contribution < -0.4 is 10.2 Å². The van der Waals surface area contributed by atoms with Gasteiger partial charge < -0.3 is 10.2 Å². The summed E-state index contributed by atoms with van der Waals surface area (Å²) in [6, 6.07) is 1.78. The molecule has 1 aromatic heterocycles. The van der Waals surface area contributed by atoms with Gasteiger partial charge in [-0.25, -0.2) is 9.37 Å². The van der Waals surface area contributed by atoms with Gasteiger partial charge in [0.05, 0.1) is 0 Å². The van der Waals surface area contributed by atoms with Crippen molar-refractivity contribution >= 4 is 5.82 Å². The maximum atomic E-state index is 14.6. The topological polar surface area (TPSA) is 28.2 Å². The van der Waals surface area contributed by atoms with Gasteiger partial charge in [0.25, 0.3) is 0 Å². The smallest absolute Gasteiger partial charge is 0.170 e. The summed E-state index contributed by atoms with van der Waals surface area (Å²) in [5, 5.41) is 3.30. The molecule has 0 spiro atoms. The molecule has 0 bridgehead atoms. The van der Waals surface area contributed by atoms with E-state index in [4.69, 9.17) is 0 Å². The molecule has 1 N–H and O–H groups in total. The third kappa shape index (κ3) is 4.40. The van der Waals surface area contributed by atoms with Crippen molar-refractivity contribution < 1.29 is 4.39 Å². The summed E-state index contributed by atoms with van der Waals surface area (Å²) >= 11 is 0. The number of hydrogen-bond acceptors (Lipinski definition) is 3. The summed E-state index contributed by atoms with van der Waals surface area (Å²) in [5.41, 5.74) is 0.722. The summed E-state index contributed by atoms with van der Waals surface area (Å²) in [5.74, 6) is 1.66. The number of halogens is 1. The molecule has 2 rings (SSSR count). The molecule has 0 aromatic carbocycles. The number of hydrogen-bond donors (Lipinski definition) is 1. The van der Waals surface area contributed by atoms with Gasteiger partial charge in [-0.2, -0.15) is 0 Å². The molecule has 0 radical (unpaired) electrons. The lowest BCUT2D eigenvalue weighted by Crippen LogP contribution is -2.24. The Labute approximate surface area is 127 Å². The van der Waals surface area contributed by atoms with E-state index in [0.29, 0.717) is 24.2 Å². The molecule has 0 aliphatic carbocycles. The minimum Gasteiger partial charge on any atom is -0.354 e. The molecule has 1 aliphatic rings. The lowest BCUT2D eigenvalue weighted by atomic mass is 10.0. The molecule has 4 heteroatoms. The highest BCUT2D eigenvalue weighted by molar-refractivity contribution is 5.44. The van der Waals surface area contributed by atoms with Crippen LogP contribution in [0.4, 0.5) is 10.2 Å². The minimum absolute atomic E-state index is 0.147. The second kappa shape index (κ2) is 7.74. The normalized spacial score (nSPS) is 18.7. The fourth-order valence-corrected chi connectivity index (χ4v) is 2.99. The fourth-order valence-electron chi connectivity index (χ4n) is 2.99. The van der Waals surface area contributed by atoms with Gasteiger partial charge in [-0.3, -0.25) is 0 Å². The molecule has 21 heavy (non-hydrogen) atoms. The summed E-state index contributed by atoms with van der Waals surface area (Å²) in [7, 11) is 0. The van der Waals surface area contributed by atoms with Crippen molar-refractivity contribution in [2.24, 2.45) is 11.8 Å². The zero-order valence-electron chi connectivity index (χ0n) is 13.5. The zero-order valence-corrected chi connectivity index (χ0v) is 13.5. The van der Waals surface area contributed by atoms with Gasteiger partial charge in [-0.15, -0.1) is 0 Å². The molecule has 1 saturated heterocycles. The van der Waals surface area contributed by atoms with Crippen molar-refractivity contribution in [1.82, 2.24) is 10.3 Å². The molecular weight excluding hydrogens is 265 g/mol. The molecule has 2 heterocycles. The largest absolute Gasteiger partial charge is 0.354 e. The van der Waals surface area contributed by atoms with E-state index in [0.717, 1.165) is 31.6 Å². The fraction of sp³-hybridized carbons (Fsp3) is 0.706. The maximum Gasteiger partial charge on any atom is 0.170 e. The minimum atomic E-state index is -0.147. The predicted molar refractivity (Wildman–Crippen MR) is 86.0 cm³/mol.